The predicted molar refractivity (Wildman–Crippen MR) is 124 cm³/mol. The molecule has 0 bridgehead atoms. The molecular formula is C24H18Cl2N2O4. The van der Waals surface area contributed by atoms with Crippen molar-refractivity contribution in [1.82, 2.24) is 5.32 Å². The minimum Gasteiger partial charge on any atom is -0.493 e. The molecule has 1 saturated heterocycles. The van der Waals surface area contributed by atoms with Gasteiger partial charge in [-0.2, -0.15) is 0 Å². The summed E-state index contributed by atoms with van der Waals surface area (Å²) in [4.78, 5) is 26.2. The SMILES string of the molecule is COc1cc(/C=C2/NC(=O)N(c3ccc(Cl)cc3)C2=O)ccc1OCc1ccccc1Cl. The zero-order valence-corrected chi connectivity index (χ0v) is 18.5. The van der Waals surface area contributed by atoms with Crippen LogP contribution in [0.25, 0.3) is 6.08 Å². The third-order valence-electron chi connectivity index (χ3n) is 4.80. The van der Waals surface area contributed by atoms with Gasteiger partial charge in [-0.1, -0.05) is 47.5 Å². The van der Waals surface area contributed by atoms with Gasteiger partial charge in [-0.3, -0.25) is 4.79 Å². The second-order valence-electron chi connectivity index (χ2n) is 6.90. The third kappa shape index (κ3) is 4.56. The number of carbonyl (C=O) groups is 2. The maximum absolute atomic E-state index is 12.8. The lowest BCUT2D eigenvalue weighted by molar-refractivity contribution is -0.113. The number of halogens is 2. The number of benzene rings is 3. The quantitative estimate of drug-likeness (QED) is 0.373. The highest BCUT2D eigenvalue weighted by atomic mass is 35.5. The monoisotopic (exact) mass is 468 g/mol. The Balaban J connectivity index is 1.53. The summed E-state index contributed by atoms with van der Waals surface area (Å²) in [6, 6.07) is 18.6. The molecular weight excluding hydrogens is 451 g/mol. The summed E-state index contributed by atoms with van der Waals surface area (Å²) in [7, 11) is 1.53. The van der Waals surface area contributed by atoms with Crippen molar-refractivity contribution in [2.45, 2.75) is 6.61 Å². The number of nitrogens with one attached hydrogen (secondary N) is 1. The van der Waals surface area contributed by atoms with E-state index < -0.39 is 11.9 Å². The maximum Gasteiger partial charge on any atom is 0.333 e. The van der Waals surface area contributed by atoms with Crippen LogP contribution in [0.15, 0.2) is 72.4 Å². The van der Waals surface area contributed by atoms with Gasteiger partial charge in [-0.05, 0) is 54.1 Å². The van der Waals surface area contributed by atoms with Crippen LogP contribution in [-0.4, -0.2) is 19.0 Å². The summed E-state index contributed by atoms with van der Waals surface area (Å²) < 4.78 is 11.3. The number of anilines is 1. The lowest BCUT2D eigenvalue weighted by Crippen LogP contribution is -2.30. The van der Waals surface area contributed by atoms with E-state index in [1.807, 2.05) is 18.2 Å². The van der Waals surface area contributed by atoms with Crippen molar-refractivity contribution in [3.8, 4) is 11.5 Å². The molecule has 3 aromatic carbocycles. The standard InChI is InChI=1S/C24H18Cl2N2O4/c1-31-22-13-15(6-11-21(22)32-14-16-4-2-3-5-19(16)26)12-20-23(29)28(24(30)27-20)18-9-7-17(25)8-10-18/h2-13H,14H2,1H3,(H,27,30)/b20-12+. The van der Waals surface area contributed by atoms with Crippen molar-refractivity contribution < 1.29 is 19.1 Å². The molecule has 1 aliphatic heterocycles. The Morgan fingerprint density at radius 1 is 0.969 bits per heavy atom. The summed E-state index contributed by atoms with van der Waals surface area (Å²) in [5, 5.41) is 3.73. The number of carbonyl (C=O) groups excluding carboxylic acids is 2. The number of rotatable bonds is 6. The number of nitrogens with zero attached hydrogens (tertiary/aromatic N) is 1. The topological polar surface area (TPSA) is 67.9 Å². The highest BCUT2D eigenvalue weighted by Crippen LogP contribution is 2.31. The highest BCUT2D eigenvalue weighted by molar-refractivity contribution is 6.31. The lowest BCUT2D eigenvalue weighted by atomic mass is 10.1. The molecule has 0 atom stereocenters. The second-order valence-corrected chi connectivity index (χ2v) is 7.74. The van der Waals surface area contributed by atoms with Gasteiger partial charge in [0.15, 0.2) is 11.5 Å². The fourth-order valence-corrected chi connectivity index (χ4v) is 3.51. The largest absolute Gasteiger partial charge is 0.493 e. The lowest BCUT2D eigenvalue weighted by Gasteiger charge is -2.12. The molecule has 0 spiro atoms. The number of hydrogen-bond acceptors (Lipinski definition) is 4. The van der Waals surface area contributed by atoms with Crippen LogP contribution in [0.4, 0.5) is 10.5 Å². The van der Waals surface area contributed by atoms with Gasteiger partial charge in [0.2, 0.25) is 0 Å². The van der Waals surface area contributed by atoms with Crippen LogP contribution in [0, 0.1) is 0 Å². The number of imide groups is 1. The summed E-state index contributed by atoms with van der Waals surface area (Å²) in [6.45, 7) is 0.279. The van der Waals surface area contributed by atoms with E-state index in [1.54, 1.807) is 54.6 Å². The van der Waals surface area contributed by atoms with Gasteiger partial charge < -0.3 is 14.8 Å². The number of hydrogen-bond donors (Lipinski definition) is 1. The molecule has 6 nitrogen and oxygen atoms in total. The Bertz CT molecular complexity index is 1210. The number of urea groups is 1. The second kappa shape index (κ2) is 9.34. The molecule has 1 heterocycles. The number of ether oxygens (including phenoxy) is 2. The summed E-state index contributed by atoms with van der Waals surface area (Å²) >= 11 is 12.1. The molecule has 162 valence electrons. The van der Waals surface area contributed by atoms with Crippen LogP contribution in [-0.2, 0) is 11.4 Å². The Kier molecular flexibility index (Phi) is 6.35. The van der Waals surface area contributed by atoms with Gasteiger partial charge >= 0.3 is 6.03 Å². The molecule has 0 unspecified atom stereocenters. The average Bonchev–Trinajstić information content (AvgIpc) is 3.07. The van der Waals surface area contributed by atoms with Crippen molar-refractivity contribution in [2.24, 2.45) is 0 Å². The minimum absolute atomic E-state index is 0.150. The molecule has 3 amide bonds. The van der Waals surface area contributed by atoms with Crippen LogP contribution in [0.2, 0.25) is 10.0 Å². The molecule has 0 radical (unpaired) electrons. The first-order valence-corrected chi connectivity index (χ1v) is 10.4. The predicted octanol–water partition coefficient (Wildman–Crippen LogP) is 5.68. The van der Waals surface area contributed by atoms with Crippen molar-refractivity contribution >= 4 is 46.9 Å². The smallest absolute Gasteiger partial charge is 0.333 e. The van der Waals surface area contributed by atoms with Gasteiger partial charge in [0.25, 0.3) is 5.91 Å². The van der Waals surface area contributed by atoms with E-state index in [0.29, 0.717) is 32.8 Å². The number of methoxy groups -OCH3 is 1. The molecule has 0 aliphatic carbocycles. The van der Waals surface area contributed by atoms with E-state index in [9.17, 15) is 9.59 Å². The normalized spacial score (nSPS) is 14.6. The molecule has 3 aromatic rings. The fourth-order valence-electron chi connectivity index (χ4n) is 3.19. The molecule has 1 fully saturated rings. The maximum atomic E-state index is 12.8. The van der Waals surface area contributed by atoms with Gasteiger partial charge in [-0.15, -0.1) is 0 Å². The van der Waals surface area contributed by atoms with Gasteiger partial charge in [0.1, 0.15) is 12.3 Å². The molecule has 32 heavy (non-hydrogen) atoms. The molecule has 8 heteroatoms. The summed E-state index contributed by atoms with van der Waals surface area (Å²) in [6.07, 6.45) is 1.58. The van der Waals surface area contributed by atoms with Crippen molar-refractivity contribution in [3.63, 3.8) is 0 Å². The highest BCUT2D eigenvalue weighted by Gasteiger charge is 2.34. The molecule has 1 aliphatic rings. The first-order chi connectivity index (χ1) is 15.5. The fraction of sp³-hybridized carbons (Fsp3) is 0.0833. The van der Waals surface area contributed by atoms with Crippen molar-refractivity contribution in [3.05, 3.63) is 93.6 Å². The van der Waals surface area contributed by atoms with E-state index in [4.69, 9.17) is 32.7 Å². The first-order valence-electron chi connectivity index (χ1n) is 9.63. The minimum atomic E-state index is -0.532. The Morgan fingerprint density at radius 3 is 2.44 bits per heavy atom. The Morgan fingerprint density at radius 2 is 1.72 bits per heavy atom. The van der Waals surface area contributed by atoms with Crippen molar-refractivity contribution in [1.29, 1.82) is 0 Å². The third-order valence-corrected chi connectivity index (χ3v) is 5.42. The van der Waals surface area contributed by atoms with Crippen LogP contribution < -0.4 is 19.7 Å². The Hall–Kier alpha value is -3.48. The van der Waals surface area contributed by atoms with E-state index in [-0.39, 0.29) is 12.3 Å². The summed E-state index contributed by atoms with van der Waals surface area (Å²) in [5.74, 6) is 0.548. The molecule has 4 rings (SSSR count). The Labute approximate surface area is 195 Å². The van der Waals surface area contributed by atoms with Gasteiger partial charge in [-0.25, -0.2) is 9.69 Å². The van der Waals surface area contributed by atoms with E-state index >= 15 is 0 Å². The van der Waals surface area contributed by atoms with Crippen LogP contribution in [0.5, 0.6) is 11.5 Å². The van der Waals surface area contributed by atoms with Crippen LogP contribution in [0.3, 0.4) is 0 Å². The molecule has 0 saturated carbocycles. The van der Waals surface area contributed by atoms with Crippen LogP contribution in [0.1, 0.15) is 11.1 Å². The molecule has 0 aromatic heterocycles. The van der Waals surface area contributed by atoms with Crippen LogP contribution >= 0.6 is 23.2 Å². The molecule has 1 N–H and O–H groups in total. The average molecular weight is 469 g/mol. The summed E-state index contributed by atoms with van der Waals surface area (Å²) in [5.41, 5.74) is 2.09. The zero-order chi connectivity index (χ0) is 22.7. The van der Waals surface area contributed by atoms with E-state index in [0.717, 1.165) is 10.5 Å². The van der Waals surface area contributed by atoms with Gasteiger partial charge in [0, 0.05) is 15.6 Å². The van der Waals surface area contributed by atoms with Gasteiger partial charge in [0.05, 0.1) is 12.8 Å². The van der Waals surface area contributed by atoms with E-state index in [2.05, 4.69) is 5.32 Å². The zero-order valence-electron chi connectivity index (χ0n) is 17.0. The number of amides is 3. The van der Waals surface area contributed by atoms with Crippen molar-refractivity contribution in [2.75, 3.05) is 12.0 Å². The first kappa shape index (κ1) is 21.7. The van der Waals surface area contributed by atoms with E-state index in [1.165, 1.54) is 7.11 Å².